The fourth-order valence-corrected chi connectivity index (χ4v) is 0.241. The van der Waals surface area contributed by atoms with Crippen molar-refractivity contribution in [3.05, 3.63) is 0 Å². The minimum atomic E-state index is 0.0926. The molecular weight excluding hydrogens is 78.1 g/mol. The minimum Gasteiger partial charge on any atom is -0.266 e. The van der Waals surface area contributed by atoms with E-state index in [2.05, 4.69) is 9.98 Å². The third-order valence-electron chi connectivity index (χ3n) is 0.460. The predicted molar refractivity (Wildman–Crippen MR) is 24.7 cm³/mol. The second kappa shape index (κ2) is 1.01. The SMILES string of the molecule is N=C1N=CC=N1. The first-order chi connectivity index (χ1) is 2.89. The van der Waals surface area contributed by atoms with Gasteiger partial charge in [-0.2, -0.15) is 0 Å². The van der Waals surface area contributed by atoms with Crippen molar-refractivity contribution in [2.45, 2.75) is 0 Å². The molecule has 0 aromatic carbocycles. The lowest BCUT2D eigenvalue weighted by molar-refractivity contribution is 1.41. The first kappa shape index (κ1) is 3.21. The molecule has 1 N–H and O–H groups in total. The molecule has 1 aliphatic rings. The summed E-state index contributed by atoms with van der Waals surface area (Å²) < 4.78 is 0. The van der Waals surface area contributed by atoms with E-state index >= 15 is 0 Å². The van der Waals surface area contributed by atoms with Crippen LogP contribution in [0, 0.1) is 5.41 Å². The van der Waals surface area contributed by atoms with E-state index in [0.717, 1.165) is 0 Å². The van der Waals surface area contributed by atoms with Crippen LogP contribution in [0.1, 0.15) is 0 Å². The number of hydrogen-bond acceptors (Lipinski definition) is 1. The van der Waals surface area contributed by atoms with E-state index in [0.29, 0.717) is 0 Å². The van der Waals surface area contributed by atoms with E-state index in [-0.39, 0.29) is 5.96 Å². The van der Waals surface area contributed by atoms with E-state index < -0.39 is 0 Å². The van der Waals surface area contributed by atoms with Gasteiger partial charge in [0.1, 0.15) is 0 Å². The van der Waals surface area contributed by atoms with Gasteiger partial charge in [0.05, 0.1) is 0 Å². The van der Waals surface area contributed by atoms with Crippen molar-refractivity contribution in [3.63, 3.8) is 0 Å². The number of hydrogen-bond donors (Lipinski definition) is 1. The van der Waals surface area contributed by atoms with Gasteiger partial charge in [0, 0.05) is 12.4 Å². The summed E-state index contributed by atoms with van der Waals surface area (Å²) in [6, 6.07) is 0. The van der Waals surface area contributed by atoms with Crippen molar-refractivity contribution in [3.8, 4) is 0 Å². The normalized spacial score (nSPS) is 17.0. The molecule has 0 aliphatic carbocycles. The highest BCUT2D eigenvalue weighted by Gasteiger charge is 1.86. The molecule has 0 atom stereocenters. The lowest BCUT2D eigenvalue weighted by Gasteiger charge is -1.68. The summed E-state index contributed by atoms with van der Waals surface area (Å²) in [5.74, 6) is 0.0926. The molecule has 1 aliphatic heterocycles. The van der Waals surface area contributed by atoms with Crippen LogP contribution < -0.4 is 0 Å². The second-order valence-corrected chi connectivity index (χ2v) is 0.880. The Hall–Kier alpha value is -0.990. The molecule has 0 unspecified atom stereocenters. The van der Waals surface area contributed by atoms with Crippen LogP contribution in [0.25, 0.3) is 0 Å². The lowest BCUT2D eigenvalue weighted by atomic mass is 10.9. The molecule has 3 heteroatoms. The standard InChI is InChI=1S/C3H3N3/c4-3-5-1-2-6-3/h1-2,4H. The summed E-state index contributed by atoms with van der Waals surface area (Å²) in [4.78, 5) is 6.94. The summed E-state index contributed by atoms with van der Waals surface area (Å²) in [6.07, 6.45) is 2.98. The molecular formula is C3H3N3. The van der Waals surface area contributed by atoms with Crippen molar-refractivity contribution in [2.24, 2.45) is 9.98 Å². The van der Waals surface area contributed by atoms with Crippen LogP contribution in [0.15, 0.2) is 9.98 Å². The molecule has 3 nitrogen and oxygen atoms in total. The van der Waals surface area contributed by atoms with E-state index in [9.17, 15) is 0 Å². The number of aliphatic imine (C=N–C) groups is 2. The Morgan fingerprint density at radius 2 is 1.83 bits per heavy atom. The Morgan fingerprint density at radius 1 is 1.33 bits per heavy atom. The maximum atomic E-state index is 6.65. The van der Waals surface area contributed by atoms with Crippen molar-refractivity contribution in [1.29, 1.82) is 5.41 Å². The van der Waals surface area contributed by atoms with Crippen LogP contribution in [0.3, 0.4) is 0 Å². The Bertz CT molecular complexity index is 108. The fourth-order valence-electron chi connectivity index (χ4n) is 0.241. The summed E-state index contributed by atoms with van der Waals surface area (Å²) in [5, 5.41) is 6.65. The van der Waals surface area contributed by atoms with Gasteiger partial charge in [0.2, 0.25) is 5.96 Å². The van der Waals surface area contributed by atoms with Crippen LogP contribution in [0.2, 0.25) is 0 Å². The molecule has 0 radical (unpaired) electrons. The zero-order chi connectivity index (χ0) is 4.41. The summed E-state index contributed by atoms with van der Waals surface area (Å²) in [6.45, 7) is 0. The smallest absolute Gasteiger partial charge is 0.241 e. The van der Waals surface area contributed by atoms with Crippen molar-refractivity contribution >= 4 is 18.4 Å². The van der Waals surface area contributed by atoms with Gasteiger partial charge < -0.3 is 0 Å². The molecule has 0 amide bonds. The monoisotopic (exact) mass is 81.0 g/mol. The minimum absolute atomic E-state index is 0.0926. The third-order valence-corrected chi connectivity index (χ3v) is 0.460. The van der Waals surface area contributed by atoms with Crippen LogP contribution in [-0.2, 0) is 0 Å². The molecule has 6 heavy (non-hydrogen) atoms. The van der Waals surface area contributed by atoms with Gasteiger partial charge in [-0.15, -0.1) is 0 Å². The van der Waals surface area contributed by atoms with Gasteiger partial charge in [-0.25, -0.2) is 9.98 Å². The molecule has 0 fully saturated rings. The largest absolute Gasteiger partial charge is 0.266 e. The van der Waals surface area contributed by atoms with Crippen LogP contribution in [0.4, 0.5) is 0 Å². The molecule has 0 aromatic heterocycles. The summed E-state index contributed by atoms with van der Waals surface area (Å²) in [7, 11) is 0. The Labute approximate surface area is 34.9 Å². The van der Waals surface area contributed by atoms with Crippen molar-refractivity contribution in [2.75, 3.05) is 0 Å². The summed E-state index contributed by atoms with van der Waals surface area (Å²) >= 11 is 0. The van der Waals surface area contributed by atoms with Crippen molar-refractivity contribution < 1.29 is 0 Å². The van der Waals surface area contributed by atoms with Gasteiger partial charge in [-0.1, -0.05) is 0 Å². The average molecular weight is 81.1 g/mol. The van der Waals surface area contributed by atoms with E-state index in [1.165, 1.54) is 12.4 Å². The molecule has 30 valence electrons. The van der Waals surface area contributed by atoms with Gasteiger partial charge in [0.15, 0.2) is 0 Å². The molecule has 0 aromatic rings. The quantitative estimate of drug-likeness (QED) is 0.429. The zero-order valence-electron chi connectivity index (χ0n) is 3.05. The molecule has 1 heterocycles. The Kier molecular flexibility index (Phi) is 0.538. The predicted octanol–water partition coefficient (Wildman–Crippen LogP) is 0.0764. The fraction of sp³-hybridized carbons (Fsp3) is 0. The first-order valence-corrected chi connectivity index (χ1v) is 1.55. The number of nitrogens with one attached hydrogen (secondary N) is 1. The topological polar surface area (TPSA) is 48.6 Å². The summed E-state index contributed by atoms with van der Waals surface area (Å²) in [5.41, 5.74) is 0. The number of rotatable bonds is 0. The van der Waals surface area contributed by atoms with E-state index in [1.807, 2.05) is 0 Å². The van der Waals surface area contributed by atoms with E-state index in [1.54, 1.807) is 0 Å². The highest BCUT2D eigenvalue weighted by Crippen LogP contribution is 1.79. The van der Waals surface area contributed by atoms with Crippen LogP contribution >= 0.6 is 0 Å². The highest BCUT2D eigenvalue weighted by atomic mass is 15.0. The molecule has 0 bridgehead atoms. The molecule has 0 saturated carbocycles. The lowest BCUT2D eigenvalue weighted by Crippen LogP contribution is -1.73. The van der Waals surface area contributed by atoms with Gasteiger partial charge in [-0.05, 0) is 0 Å². The van der Waals surface area contributed by atoms with Gasteiger partial charge in [0.25, 0.3) is 0 Å². The third kappa shape index (κ3) is 0.337. The van der Waals surface area contributed by atoms with Gasteiger partial charge in [-0.3, -0.25) is 5.41 Å². The average Bonchev–Trinajstić information content (AvgIpc) is 1.86. The molecule has 1 rings (SSSR count). The number of nitrogens with zero attached hydrogens (tertiary/aromatic N) is 2. The molecule has 0 spiro atoms. The Morgan fingerprint density at radius 3 is 2.00 bits per heavy atom. The van der Waals surface area contributed by atoms with Gasteiger partial charge >= 0.3 is 0 Å². The van der Waals surface area contributed by atoms with Crippen LogP contribution in [0.5, 0.6) is 0 Å². The highest BCUT2D eigenvalue weighted by molar-refractivity contribution is 6.25. The molecule has 0 saturated heterocycles. The second-order valence-electron chi connectivity index (χ2n) is 0.880. The van der Waals surface area contributed by atoms with Crippen molar-refractivity contribution in [1.82, 2.24) is 0 Å². The van der Waals surface area contributed by atoms with E-state index in [4.69, 9.17) is 5.41 Å². The first-order valence-electron chi connectivity index (χ1n) is 1.55. The Balaban J connectivity index is 2.86. The maximum absolute atomic E-state index is 6.65. The zero-order valence-corrected chi connectivity index (χ0v) is 3.05. The van der Waals surface area contributed by atoms with Crippen LogP contribution in [-0.4, -0.2) is 18.4 Å². The number of guanidine groups is 1. The maximum Gasteiger partial charge on any atom is 0.241 e.